The van der Waals surface area contributed by atoms with Crippen LogP contribution in [0.3, 0.4) is 0 Å². The molecule has 0 aliphatic rings. The van der Waals surface area contributed by atoms with Crippen molar-refractivity contribution in [2.24, 2.45) is 7.05 Å². The molecule has 4 aromatic heterocycles. The zero-order valence-electron chi connectivity index (χ0n) is 20.6. The molecular weight excluding hydrogens is 463 g/mol. The molecule has 1 aromatic carbocycles. The van der Waals surface area contributed by atoms with Gasteiger partial charge in [-0.15, -0.1) is 0 Å². The summed E-state index contributed by atoms with van der Waals surface area (Å²) in [6.45, 7) is 7.51. The van der Waals surface area contributed by atoms with E-state index in [9.17, 15) is 4.79 Å². The third kappa shape index (κ3) is 4.23. The minimum atomic E-state index is -0.495. The predicted molar refractivity (Wildman–Crippen MR) is 129 cm³/mol. The van der Waals surface area contributed by atoms with E-state index in [0.717, 1.165) is 5.56 Å². The van der Waals surface area contributed by atoms with E-state index in [-0.39, 0.29) is 17.8 Å². The summed E-state index contributed by atoms with van der Waals surface area (Å²) in [4.78, 5) is 21.4. The topological polar surface area (TPSA) is 116 Å². The quantitative estimate of drug-likeness (QED) is 0.399. The van der Waals surface area contributed by atoms with E-state index in [1.54, 1.807) is 52.9 Å². The summed E-state index contributed by atoms with van der Waals surface area (Å²) in [5, 5.41) is 15.0. The number of rotatable bonds is 5. The van der Waals surface area contributed by atoms with Gasteiger partial charge in [-0.3, -0.25) is 9.48 Å². The molecule has 0 spiro atoms. The average Bonchev–Trinajstić information content (AvgIpc) is 3.59. The van der Waals surface area contributed by atoms with E-state index in [2.05, 4.69) is 25.7 Å². The first kappa shape index (κ1) is 23.3. The molecule has 0 fully saturated rings. The first-order chi connectivity index (χ1) is 17.1. The van der Waals surface area contributed by atoms with Crippen LogP contribution in [0.2, 0.25) is 0 Å². The Morgan fingerprint density at radius 3 is 2.64 bits per heavy atom. The predicted octanol–water partition coefficient (Wildman–Crippen LogP) is 3.85. The van der Waals surface area contributed by atoms with Crippen molar-refractivity contribution in [3.63, 3.8) is 0 Å². The van der Waals surface area contributed by atoms with Gasteiger partial charge in [0.2, 0.25) is 5.89 Å². The maximum Gasteiger partial charge on any atom is 0.292 e. The maximum absolute atomic E-state index is 15.7. The number of halogens is 1. The maximum atomic E-state index is 15.7. The smallest absolute Gasteiger partial charge is 0.292 e. The molecule has 0 saturated heterocycles. The Labute approximate surface area is 206 Å². The van der Waals surface area contributed by atoms with Gasteiger partial charge in [-0.05, 0) is 30.2 Å². The van der Waals surface area contributed by atoms with E-state index >= 15 is 4.39 Å². The van der Waals surface area contributed by atoms with E-state index in [1.165, 1.54) is 0 Å². The first-order valence-corrected chi connectivity index (χ1v) is 11.4. The van der Waals surface area contributed by atoms with E-state index in [0.29, 0.717) is 39.5 Å². The number of benzene rings is 1. The standard InChI is InChI=1S/C25H25FN8O2/c1-14-15(10-27-23(35)22-31-24(36-32-22)25(2,3)4)6-7-17(20(14)26)21-19-8-9-28-34(19)13-18(30-21)16-11-29-33(5)12-16/h6-9,11-13H,10H2,1-5H3,(H,27,35). The highest BCUT2D eigenvalue weighted by atomic mass is 19.1. The number of aromatic nitrogens is 7. The number of fused-ring (bicyclic) bond motifs is 1. The monoisotopic (exact) mass is 488 g/mol. The lowest BCUT2D eigenvalue weighted by atomic mass is 9.97. The summed E-state index contributed by atoms with van der Waals surface area (Å²) < 4.78 is 24.2. The van der Waals surface area contributed by atoms with Gasteiger partial charge < -0.3 is 9.84 Å². The van der Waals surface area contributed by atoms with Crippen LogP contribution in [0.15, 0.2) is 47.5 Å². The number of nitrogens with one attached hydrogen (secondary N) is 1. The number of hydrogen-bond donors (Lipinski definition) is 1. The lowest BCUT2D eigenvalue weighted by Crippen LogP contribution is -2.25. The zero-order valence-corrected chi connectivity index (χ0v) is 20.6. The normalized spacial score (nSPS) is 11.8. The Morgan fingerprint density at radius 2 is 1.94 bits per heavy atom. The molecule has 11 heteroatoms. The number of aryl methyl sites for hydroxylation is 1. The highest BCUT2D eigenvalue weighted by Gasteiger charge is 2.24. The number of nitrogens with zero attached hydrogens (tertiary/aromatic N) is 7. The van der Waals surface area contributed by atoms with Crippen molar-refractivity contribution in [1.82, 2.24) is 39.8 Å². The second-order valence-corrected chi connectivity index (χ2v) is 9.61. The lowest BCUT2D eigenvalue weighted by Gasteiger charge is -2.13. The van der Waals surface area contributed by atoms with Gasteiger partial charge in [0.25, 0.3) is 11.7 Å². The van der Waals surface area contributed by atoms with Gasteiger partial charge in [0.05, 0.1) is 35.5 Å². The fraction of sp³-hybridized carbons (Fsp3) is 0.280. The van der Waals surface area contributed by atoms with Crippen molar-refractivity contribution in [2.45, 2.75) is 39.7 Å². The molecule has 0 aliphatic heterocycles. The molecule has 0 saturated carbocycles. The highest BCUT2D eigenvalue weighted by molar-refractivity contribution is 5.90. The first-order valence-electron chi connectivity index (χ1n) is 11.4. The fourth-order valence-electron chi connectivity index (χ4n) is 3.79. The third-order valence-corrected chi connectivity index (χ3v) is 5.85. The van der Waals surface area contributed by atoms with Crippen LogP contribution in [0.1, 0.15) is 48.4 Å². The number of carbonyl (C=O) groups excluding carboxylic acids is 1. The van der Waals surface area contributed by atoms with E-state index in [1.807, 2.05) is 34.0 Å². The summed E-state index contributed by atoms with van der Waals surface area (Å²) in [6.07, 6.45) is 6.96. The van der Waals surface area contributed by atoms with Gasteiger partial charge in [-0.2, -0.15) is 15.2 Å². The van der Waals surface area contributed by atoms with E-state index in [4.69, 9.17) is 9.51 Å². The summed E-state index contributed by atoms with van der Waals surface area (Å²) in [7, 11) is 1.82. The molecule has 5 aromatic rings. The lowest BCUT2D eigenvalue weighted by molar-refractivity contribution is 0.0937. The Bertz CT molecular complexity index is 1590. The Kier molecular flexibility index (Phi) is 5.62. The van der Waals surface area contributed by atoms with Crippen LogP contribution in [0.25, 0.3) is 28.0 Å². The van der Waals surface area contributed by atoms with Gasteiger partial charge in [0.1, 0.15) is 5.82 Å². The largest absolute Gasteiger partial charge is 0.345 e. The number of carbonyl (C=O) groups is 1. The van der Waals surface area contributed by atoms with Crippen LogP contribution in [0, 0.1) is 12.7 Å². The third-order valence-electron chi connectivity index (χ3n) is 5.85. The summed E-state index contributed by atoms with van der Waals surface area (Å²) in [5.41, 5.74) is 3.55. The van der Waals surface area contributed by atoms with Gasteiger partial charge in [0, 0.05) is 36.3 Å². The van der Waals surface area contributed by atoms with Crippen molar-refractivity contribution >= 4 is 11.4 Å². The highest BCUT2D eigenvalue weighted by Crippen LogP contribution is 2.31. The van der Waals surface area contributed by atoms with Gasteiger partial charge in [-0.1, -0.05) is 32.0 Å². The zero-order chi connectivity index (χ0) is 25.6. The van der Waals surface area contributed by atoms with Crippen molar-refractivity contribution in [3.8, 4) is 22.5 Å². The molecule has 0 unspecified atom stereocenters. The molecule has 36 heavy (non-hydrogen) atoms. The molecule has 0 radical (unpaired) electrons. The molecule has 0 atom stereocenters. The molecule has 5 rings (SSSR count). The molecular formula is C25H25FN8O2. The number of hydrogen-bond acceptors (Lipinski definition) is 7. The SMILES string of the molecule is Cc1c(CNC(=O)c2noc(C(C)(C)C)n2)ccc(-c2nc(-c3cnn(C)c3)cn3nccc23)c1F. The molecule has 1 N–H and O–H groups in total. The molecule has 0 bridgehead atoms. The molecule has 0 aliphatic carbocycles. The summed E-state index contributed by atoms with van der Waals surface area (Å²) in [6, 6.07) is 5.23. The minimum Gasteiger partial charge on any atom is -0.345 e. The van der Waals surface area contributed by atoms with Crippen molar-refractivity contribution in [2.75, 3.05) is 0 Å². The van der Waals surface area contributed by atoms with Crippen LogP contribution < -0.4 is 5.32 Å². The second-order valence-electron chi connectivity index (χ2n) is 9.61. The van der Waals surface area contributed by atoms with Crippen LogP contribution in [0.5, 0.6) is 0 Å². The fourth-order valence-corrected chi connectivity index (χ4v) is 3.79. The molecule has 10 nitrogen and oxygen atoms in total. The molecule has 1 amide bonds. The van der Waals surface area contributed by atoms with Gasteiger partial charge in [-0.25, -0.2) is 13.9 Å². The molecule has 4 heterocycles. The molecule has 184 valence electrons. The van der Waals surface area contributed by atoms with Crippen LogP contribution >= 0.6 is 0 Å². The van der Waals surface area contributed by atoms with Crippen molar-refractivity contribution in [3.05, 3.63) is 71.6 Å². The van der Waals surface area contributed by atoms with Crippen LogP contribution in [-0.2, 0) is 19.0 Å². The van der Waals surface area contributed by atoms with Gasteiger partial charge >= 0.3 is 0 Å². The Hall–Kier alpha value is -4.41. The van der Waals surface area contributed by atoms with E-state index < -0.39 is 11.7 Å². The van der Waals surface area contributed by atoms with Crippen LogP contribution in [-0.4, -0.2) is 40.4 Å². The minimum absolute atomic E-state index is 0.0609. The number of amides is 1. The van der Waals surface area contributed by atoms with Crippen molar-refractivity contribution in [1.29, 1.82) is 0 Å². The van der Waals surface area contributed by atoms with Gasteiger partial charge in [0.15, 0.2) is 0 Å². The summed E-state index contributed by atoms with van der Waals surface area (Å²) >= 11 is 0. The average molecular weight is 489 g/mol. The Balaban J connectivity index is 1.43. The Morgan fingerprint density at radius 1 is 1.14 bits per heavy atom. The second kappa shape index (κ2) is 8.67. The van der Waals surface area contributed by atoms with Crippen molar-refractivity contribution < 1.29 is 13.7 Å². The van der Waals surface area contributed by atoms with Crippen LogP contribution in [0.4, 0.5) is 4.39 Å². The summed E-state index contributed by atoms with van der Waals surface area (Å²) in [5.74, 6) is -0.610.